The number of halogens is 5. The average Bonchev–Trinajstić information content (AvgIpc) is 2.56. The van der Waals surface area contributed by atoms with Gasteiger partial charge in [-0.3, -0.25) is 4.79 Å². The molecule has 1 amide bonds. The van der Waals surface area contributed by atoms with Crippen molar-refractivity contribution in [1.29, 1.82) is 0 Å². The molecule has 0 bridgehead atoms. The lowest BCUT2D eigenvalue weighted by atomic mass is 10.2. The van der Waals surface area contributed by atoms with Crippen molar-refractivity contribution in [3.05, 3.63) is 65.7 Å². The van der Waals surface area contributed by atoms with Gasteiger partial charge in [0.05, 0.1) is 5.56 Å². The van der Waals surface area contributed by atoms with E-state index in [0.29, 0.717) is 5.69 Å². The van der Waals surface area contributed by atoms with Gasteiger partial charge in [-0.05, 0) is 48.6 Å². The average molecular weight is 439 g/mol. The largest absolute Gasteiger partial charge is 0.339 e. The summed E-state index contributed by atoms with van der Waals surface area (Å²) in [6, 6.07) is 10.7. The molecule has 0 spiro atoms. The third-order valence-corrected chi connectivity index (χ3v) is 3.97. The third kappa shape index (κ3) is 5.95. The van der Waals surface area contributed by atoms with Crippen LogP contribution in [0.15, 0.2) is 48.5 Å². The Bertz CT molecular complexity index is 800. The summed E-state index contributed by atoms with van der Waals surface area (Å²) in [6.07, 6.45) is -1.26. The van der Waals surface area contributed by atoms with Gasteiger partial charge in [-0.1, -0.05) is 46.9 Å². The summed E-state index contributed by atoms with van der Waals surface area (Å²) in [5.41, 5.74) is 0.262. The van der Waals surface area contributed by atoms with Gasteiger partial charge in [0.15, 0.2) is 5.11 Å². The quantitative estimate of drug-likeness (QED) is 0.377. The molecule has 0 radical (unpaired) electrons. The smallest absolute Gasteiger partial charge is 0.255 e. The molecule has 0 aromatic heterocycles. The summed E-state index contributed by atoms with van der Waals surface area (Å²) < 4.78 is 24.7. The number of rotatable bonds is 4. The molecule has 0 aliphatic rings. The summed E-state index contributed by atoms with van der Waals surface area (Å²) in [4.78, 5) is 12.2. The van der Waals surface area contributed by atoms with Crippen molar-refractivity contribution < 1.29 is 13.6 Å². The van der Waals surface area contributed by atoms with Crippen molar-refractivity contribution in [1.82, 2.24) is 10.6 Å². The minimum absolute atomic E-state index is 0.00164. The fourth-order valence-electron chi connectivity index (χ4n) is 1.89. The standard InChI is InChI=1S/C16H12Cl3F2N3OS/c17-16(18,19)14(23-13(25)11-3-1-2-4-12(11)21)24-15(26)22-10-7-5-9(20)6-8-10/h1-8,14H,(H,23,25)(H2,22,24,26). The van der Waals surface area contributed by atoms with Crippen LogP contribution in [0.2, 0.25) is 0 Å². The molecule has 0 aliphatic heterocycles. The molecule has 1 unspecified atom stereocenters. The topological polar surface area (TPSA) is 53.2 Å². The molecule has 1 atom stereocenters. The third-order valence-electron chi connectivity index (χ3n) is 3.10. The number of amides is 1. The number of hydrogen-bond donors (Lipinski definition) is 3. The molecular formula is C16H12Cl3F2N3OS. The van der Waals surface area contributed by atoms with Crippen LogP contribution >= 0.6 is 47.0 Å². The molecule has 4 nitrogen and oxygen atoms in total. The molecule has 3 N–H and O–H groups in total. The SMILES string of the molecule is O=C(NC(NC(=S)Nc1ccc(F)cc1)C(Cl)(Cl)Cl)c1ccccc1F. The van der Waals surface area contributed by atoms with E-state index in [1.165, 1.54) is 42.5 Å². The second kappa shape index (κ2) is 8.81. The number of hydrogen-bond acceptors (Lipinski definition) is 2. The Kier molecular flexibility index (Phi) is 7.00. The molecule has 0 fully saturated rings. The molecular weight excluding hydrogens is 427 g/mol. The first kappa shape index (κ1) is 20.6. The summed E-state index contributed by atoms with van der Waals surface area (Å²) in [6.45, 7) is 0. The highest BCUT2D eigenvalue weighted by molar-refractivity contribution is 7.80. The van der Waals surface area contributed by atoms with Crippen LogP contribution in [-0.2, 0) is 0 Å². The molecule has 10 heteroatoms. The van der Waals surface area contributed by atoms with Gasteiger partial charge in [0.1, 0.15) is 17.8 Å². The molecule has 138 valence electrons. The predicted molar refractivity (Wildman–Crippen MR) is 104 cm³/mol. The molecule has 0 heterocycles. The van der Waals surface area contributed by atoms with Gasteiger partial charge in [0.25, 0.3) is 5.91 Å². The van der Waals surface area contributed by atoms with Gasteiger partial charge in [0.2, 0.25) is 3.79 Å². The van der Waals surface area contributed by atoms with Crippen LogP contribution in [0.4, 0.5) is 14.5 Å². The molecule has 0 aliphatic carbocycles. The maximum atomic E-state index is 13.7. The van der Waals surface area contributed by atoms with Crippen molar-refractivity contribution in [3.63, 3.8) is 0 Å². The fourth-order valence-corrected chi connectivity index (χ4v) is 2.45. The first-order valence-corrected chi connectivity index (χ1v) is 8.66. The van der Waals surface area contributed by atoms with E-state index >= 15 is 0 Å². The second-order valence-electron chi connectivity index (χ2n) is 5.03. The number of carbonyl (C=O) groups excluding carboxylic acids is 1. The maximum Gasteiger partial charge on any atom is 0.255 e. The van der Waals surface area contributed by atoms with Gasteiger partial charge >= 0.3 is 0 Å². The van der Waals surface area contributed by atoms with Gasteiger partial charge < -0.3 is 16.0 Å². The Hall–Kier alpha value is -1.67. The molecule has 0 saturated heterocycles. The first-order chi connectivity index (χ1) is 12.2. The van der Waals surface area contributed by atoms with E-state index < -0.39 is 27.5 Å². The maximum absolute atomic E-state index is 13.7. The number of alkyl halides is 3. The van der Waals surface area contributed by atoms with E-state index in [9.17, 15) is 13.6 Å². The van der Waals surface area contributed by atoms with Crippen molar-refractivity contribution in [2.24, 2.45) is 0 Å². The van der Waals surface area contributed by atoms with Crippen LogP contribution in [0.3, 0.4) is 0 Å². The first-order valence-electron chi connectivity index (χ1n) is 7.12. The van der Waals surface area contributed by atoms with Crippen molar-refractivity contribution in [2.45, 2.75) is 9.96 Å². The van der Waals surface area contributed by atoms with Crippen LogP contribution in [0.1, 0.15) is 10.4 Å². The zero-order valence-corrected chi connectivity index (χ0v) is 16.0. The zero-order valence-electron chi connectivity index (χ0n) is 12.9. The lowest BCUT2D eigenvalue weighted by Crippen LogP contribution is -2.56. The summed E-state index contributed by atoms with van der Waals surface area (Å²) in [7, 11) is 0. The van der Waals surface area contributed by atoms with Crippen LogP contribution in [-0.4, -0.2) is 21.0 Å². The number of nitrogens with one attached hydrogen (secondary N) is 3. The summed E-state index contributed by atoms with van der Waals surface area (Å²) >= 11 is 22.7. The van der Waals surface area contributed by atoms with Crippen LogP contribution in [0.25, 0.3) is 0 Å². The van der Waals surface area contributed by atoms with Crippen LogP contribution < -0.4 is 16.0 Å². The Morgan fingerprint density at radius 2 is 1.62 bits per heavy atom. The van der Waals surface area contributed by atoms with E-state index in [1.807, 2.05) is 0 Å². The van der Waals surface area contributed by atoms with E-state index in [-0.39, 0.29) is 10.7 Å². The molecule has 2 aromatic rings. The number of benzene rings is 2. The van der Waals surface area contributed by atoms with Crippen molar-refractivity contribution >= 4 is 63.7 Å². The molecule has 0 saturated carbocycles. The fraction of sp³-hybridized carbons (Fsp3) is 0.125. The lowest BCUT2D eigenvalue weighted by Gasteiger charge is -2.27. The highest BCUT2D eigenvalue weighted by Crippen LogP contribution is 2.29. The van der Waals surface area contributed by atoms with Gasteiger partial charge in [0, 0.05) is 5.69 Å². The Balaban J connectivity index is 2.07. The minimum atomic E-state index is -1.99. The number of carbonyl (C=O) groups is 1. The number of thiocarbonyl (C=S) groups is 1. The Morgan fingerprint density at radius 1 is 1.00 bits per heavy atom. The van der Waals surface area contributed by atoms with E-state index in [1.54, 1.807) is 0 Å². The molecule has 2 rings (SSSR count). The normalized spacial score (nSPS) is 12.2. The molecule has 2 aromatic carbocycles. The Morgan fingerprint density at radius 3 is 2.19 bits per heavy atom. The van der Waals surface area contributed by atoms with Gasteiger partial charge in [-0.15, -0.1) is 0 Å². The molecule has 26 heavy (non-hydrogen) atoms. The predicted octanol–water partition coefficient (Wildman–Crippen LogP) is 4.38. The van der Waals surface area contributed by atoms with E-state index in [4.69, 9.17) is 47.0 Å². The van der Waals surface area contributed by atoms with Crippen molar-refractivity contribution in [3.8, 4) is 0 Å². The van der Waals surface area contributed by atoms with Crippen LogP contribution in [0.5, 0.6) is 0 Å². The highest BCUT2D eigenvalue weighted by Gasteiger charge is 2.35. The van der Waals surface area contributed by atoms with Gasteiger partial charge in [-0.25, -0.2) is 8.78 Å². The monoisotopic (exact) mass is 437 g/mol. The van der Waals surface area contributed by atoms with Crippen molar-refractivity contribution in [2.75, 3.05) is 5.32 Å². The van der Waals surface area contributed by atoms with E-state index in [2.05, 4.69) is 16.0 Å². The minimum Gasteiger partial charge on any atom is -0.339 e. The highest BCUT2D eigenvalue weighted by atomic mass is 35.6. The second-order valence-corrected chi connectivity index (χ2v) is 7.81. The zero-order chi connectivity index (χ0) is 19.3. The summed E-state index contributed by atoms with van der Waals surface area (Å²) in [5, 5.41) is 7.73. The Labute approximate surface area is 168 Å². The number of anilines is 1. The van der Waals surface area contributed by atoms with Gasteiger partial charge in [-0.2, -0.15) is 0 Å². The summed E-state index contributed by atoms with van der Waals surface area (Å²) in [5.74, 6) is -1.93. The van der Waals surface area contributed by atoms with E-state index in [0.717, 1.165) is 6.07 Å². The lowest BCUT2D eigenvalue weighted by molar-refractivity contribution is 0.0930. The van der Waals surface area contributed by atoms with Crippen LogP contribution in [0, 0.1) is 11.6 Å².